The van der Waals surface area contributed by atoms with Crippen LogP contribution in [0.15, 0.2) is 30.5 Å². The molecular weight excluding hydrogens is 268 g/mol. The predicted molar refractivity (Wildman–Crippen MR) is 80.9 cm³/mol. The van der Waals surface area contributed by atoms with Crippen LogP contribution in [-0.4, -0.2) is 29.8 Å². The fourth-order valence-corrected chi connectivity index (χ4v) is 2.04. The van der Waals surface area contributed by atoms with E-state index >= 15 is 0 Å². The van der Waals surface area contributed by atoms with Crippen molar-refractivity contribution in [3.63, 3.8) is 0 Å². The normalized spacial score (nSPS) is 10.9. The van der Waals surface area contributed by atoms with Crippen LogP contribution in [0.5, 0.6) is 11.5 Å². The van der Waals surface area contributed by atoms with Crippen LogP contribution in [0, 0.1) is 6.92 Å². The zero-order valence-electron chi connectivity index (χ0n) is 12.6. The van der Waals surface area contributed by atoms with Gasteiger partial charge in [0.25, 0.3) is 0 Å². The van der Waals surface area contributed by atoms with Gasteiger partial charge >= 0.3 is 0 Å². The quantitative estimate of drug-likeness (QED) is 0.626. The number of carbonyl (C=O) groups excluding carboxylic acids is 1. The maximum atomic E-state index is 12.3. The average molecular weight is 286 g/mol. The summed E-state index contributed by atoms with van der Waals surface area (Å²) in [5.41, 5.74) is 2.25. The first-order chi connectivity index (χ1) is 10.0. The van der Waals surface area contributed by atoms with Crippen molar-refractivity contribution in [2.24, 2.45) is 7.05 Å². The summed E-state index contributed by atoms with van der Waals surface area (Å²) in [5.74, 6) is 0.993. The standard InChI is InChI=1S/C16H18N2O3/c1-11-12(10-18(2)17-11)5-7-15(19)14-9-13(20-3)6-8-16(14)21-4/h5-10H,1-4H3. The van der Waals surface area contributed by atoms with Crippen LogP contribution in [-0.2, 0) is 7.05 Å². The second-order valence-corrected chi connectivity index (χ2v) is 4.61. The van der Waals surface area contributed by atoms with Crippen molar-refractivity contribution in [2.45, 2.75) is 6.92 Å². The van der Waals surface area contributed by atoms with E-state index in [1.165, 1.54) is 13.2 Å². The first-order valence-electron chi connectivity index (χ1n) is 6.50. The maximum Gasteiger partial charge on any atom is 0.189 e. The topological polar surface area (TPSA) is 53.4 Å². The van der Waals surface area contributed by atoms with E-state index in [-0.39, 0.29) is 5.78 Å². The highest BCUT2D eigenvalue weighted by Crippen LogP contribution is 2.25. The largest absolute Gasteiger partial charge is 0.497 e. The molecule has 2 rings (SSSR count). The number of hydrogen-bond donors (Lipinski definition) is 0. The number of rotatable bonds is 5. The second kappa shape index (κ2) is 6.26. The van der Waals surface area contributed by atoms with Crippen LogP contribution in [0.2, 0.25) is 0 Å². The molecule has 5 heteroatoms. The molecule has 21 heavy (non-hydrogen) atoms. The highest BCUT2D eigenvalue weighted by atomic mass is 16.5. The number of aryl methyl sites for hydroxylation is 2. The molecule has 1 heterocycles. The molecule has 0 N–H and O–H groups in total. The second-order valence-electron chi connectivity index (χ2n) is 4.61. The molecule has 0 aliphatic carbocycles. The molecule has 0 aliphatic rings. The lowest BCUT2D eigenvalue weighted by Crippen LogP contribution is -1.99. The Morgan fingerprint density at radius 2 is 2.05 bits per heavy atom. The molecule has 0 atom stereocenters. The number of methoxy groups -OCH3 is 2. The van der Waals surface area contributed by atoms with Gasteiger partial charge in [-0.15, -0.1) is 0 Å². The Bertz CT molecular complexity index is 687. The number of aromatic nitrogens is 2. The highest BCUT2D eigenvalue weighted by Gasteiger charge is 2.11. The van der Waals surface area contributed by atoms with E-state index in [1.807, 2.05) is 20.2 Å². The van der Waals surface area contributed by atoms with Gasteiger partial charge in [-0.1, -0.05) is 0 Å². The Balaban J connectivity index is 2.29. The summed E-state index contributed by atoms with van der Waals surface area (Å²) < 4.78 is 12.1. The summed E-state index contributed by atoms with van der Waals surface area (Å²) in [7, 11) is 4.94. The molecule has 0 amide bonds. The zero-order chi connectivity index (χ0) is 15.4. The summed E-state index contributed by atoms with van der Waals surface area (Å²) in [6, 6.07) is 5.14. The first kappa shape index (κ1) is 14.8. The molecule has 5 nitrogen and oxygen atoms in total. The van der Waals surface area contributed by atoms with Crippen molar-refractivity contribution in [3.05, 3.63) is 47.3 Å². The van der Waals surface area contributed by atoms with Gasteiger partial charge in [-0.3, -0.25) is 9.48 Å². The fourth-order valence-electron chi connectivity index (χ4n) is 2.04. The molecule has 0 fully saturated rings. The molecule has 110 valence electrons. The first-order valence-corrected chi connectivity index (χ1v) is 6.50. The number of ketones is 1. The SMILES string of the molecule is COc1ccc(OC)c(C(=O)C=Cc2cn(C)nc2C)c1. The van der Waals surface area contributed by atoms with Crippen molar-refractivity contribution in [1.29, 1.82) is 0 Å². The number of ether oxygens (including phenoxy) is 2. The Kier molecular flexibility index (Phi) is 4.42. The van der Waals surface area contributed by atoms with Gasteiger partial charge in [-0.2, -0.15) is 5.10 Å². The van der Waals surface area contributed by atoms with Crippen molar-refractivity contribution < 1.29 is 14.3 Å². The van der Waals surface area contributed by atoms with Crippen LogP contribution in [0.4, 0.5) is 0 Å². The molecule has 0 spiro atoms. The number of nitrogens with zero attached hydrogens (tertiary/aromatic N) is 2. The number of benzene rings is 1. The van der Waals surface area contributed by atoms with Crippen molar-refractivity contribution in [1.82, 2.24) is 9.78 Å². The minimum Gasteiger partial charge on any atom is -0.497 e. The Morgan fingerprint density at radius 1 is 1.29 bits per heavy atom. The van der Waals surface area contributed by atoms with Gasteiger partial charge in [-0.25, -0.2) is 0 Å². The van der Waals surface area contributed by atoms with Gasteiger partial charge in [0.1, 0.15) is 11.5 Å². The van der Waals surface area contributed by atoms with Crippen molar-refractivity contribution in [2.75, 3.05) is 14.2 Å². The fraction of sp³-hybridized carbons (Fsp3) is 0.250. The van der Waals surface area contributed by atoms with Gasteiger partial charge in [0.15, 0.2) is 5.78 Å². The molecule has 0 saturated carbocycles. The monoisotopic (exact) mass is 286 g/mol. The lowest BCUT2D eigenvalue weighted by molar-refractivity contribution is 0.104. The molecule has 1 aromatic heterocycles. The molecule has 0 unspecified atom stereocenters. The van der Waals surface area contributed by atoms with E-state index in [9.17, 15) is 4.79 Å². The smallest absolute Gasteiger partial charge is 0.189 e. The van der Waals surface area contributed by atoms with E-state index < -0.39 is 0 Å². The molecule has 0 radical (unpaired) electrons. The van der Waals surface area contributed by atoms with E-state index in [0.717, 1.165) is 11.3 Å². The predicted octanol–water partition coefficient (Wildman–Crippen LogP) is 2.64. The Morgan fingerprint density at radius 3 is 2.62 bits per heavy atom. The lowest BCUT2D eigenvalue weighted by Gasteiger charge is -2.07. The van der Waals surface area contributed by atoms with Gasteiger partial charge in [0.2, 0.25) is 0 Å². The summed E-state index contributed by atoms with van der Waals surface area (Å²) in [4.78, 5) is 12.3. The molecular formula is C16H18N2O3. The summed E-state index contributed by atoms with van der Waals surface area (Å²) in [5, 5.41) is 4.23. The van der Waals surface area contributed by atoms with Gasteiger partial charge in [-0.05, 0) is 37.3 Å². The lowest BCUT2D eigenvalue weighted by atomic mass is 10.1. The van der Waals surface area contributed by atoms with Crippen molar-refractivity contribution in [3.8, 4) is 11.5 Å². The number of allylic oxidation sites excluding steroid dienone is 1. The van der Waals surface area contributed by atoms with Gasteiger partial charge < -0.3 is 9.47 Å². The van der Waals surface area contributed by atoms with E-state index in [0.29, 0.717) is 17.1 Å². The third-order valence-corrected chi connectivity index (χ3v) is 3.14. The molecule has 0 aliphatic heterocycles. The molecule has 0 bridgehead atoms. The van der Waals surface area contributed by atoms with Crippen LogP contribution in [0.1, 0.15) is 21.6 Å². The molecule has 2 aromatic rings. The minimum absolute atomic E-state index is 0.144. The molecule has 0 saturated heterocycles. The van der Waals surface area contributed by atoms with Crippen LogP contribution in [0.25, 0.3) is 6.08 Å². The summed E-state index contributed by atoms with van der Waals surface area (Å²) in [6.07, 6.45) is 5.13. The van der Waals surface area contributed by atoms with Gasteiger partial charge in [0.05, 0.1) is 25.5 Å². The Labute approximate surface area is 123 Å². The zero-order valence-corrected chi connectivity index (χ0v) is 12.6. The number of hydrogen-bond acceptors (Lipinski definition) is 4. The number of carbonyl (C=O) groups is 1. The van der Waals surface area contributed by atoms with E-state index in [2.05, 4.69) is 5.10 Å². The summed E-state index contributed by atoms with van der Waals surface area (Å²) in [6.45, 7) is 1.90. The van der Waals surface area contributed by atoms with Crippen LogP contribution < -0.4 is 9.47 Å². The molecule has 1 aromatic carbocycles. The summed E-state index contributed by atoms with van der Waals surface area (Å²) >= 11 is 0. The van der Waals surface area contributed by atoms with E-state index in [1.54, 1.807) is 36.1 Å². The highest BCUT2D eigenvalue weighted by molar-refractivity contribution is 6.08. The minimum atomic E-state index is -0.144. The van der Waals surface area contributed by atoms with Crippen molar-refractivity contribution >= 4 is 11.9 Å². The average Bonchev–Trinajstić information content (AvgIpc) is 2.81. The van der Waals surface area contributed by atoms with E-state index in [4.69, 9.17) is 9.47 Å². The third kappa shape index (κ3) is 3.31. The maximum absolute atomic E-state index is 12.3. The third-order valence-electron chi connectivity index (χ3n) is 3.14. The van der Waals surface area contributed by atoms with Crippen LogP contribution in [0.3, 0.4) is 0 Å². The van der Waals surface area contributed by atoms with Crippen LogP contribution >= 0.6 is 0 Å². The van der Waals surface area contributed by atoms with Gasteiger partial charge in [0, 0.05) is 18.8 Å². The Hall–Kier alpha value is -2.56.